The van der Waals surface area contributed by atoms with Gasteiger partial charge in [-0.1, -0.05) is 66.6 Å². The number of carbonyl (C=O) groups excluding carboxylic acids is 1. The van der Waals surface area contributed by atoms with Gasteiger partial charge in [0.1, 0.15) is 5.76 Å². The van der Waals surface area contributed by atoms with Crippen molar-refractivity contribution in [3.8, 4) is 0 Å². The van der Waals surface area contributed by atoms with Gasteiger partial charge in [0.05, 0.1) is 28.9 Å². The Labute approximate surface area is 263 Å². The topological polar surface area (TPSA) is 75.7 Å². The maximum Gasteiger partial charge on any atom is 0.337 e. The molecule has 5 rings (SSSR count). The number of hydrogen-bond acceptors (Lipinski definition) is 8. The van der Waals surface area contributed by atoms with Crippen LogP contribution in [-0.2, 0) is 9.57 Å². The minimum Gasteiger partial charge on any atom is -0.465 e. The lowest BCUT2D eigenvalue weighted by Gasteiger charge is -2.16. The van der Waals surface area contributed by atoms with Crippen LogP contribution in [0, 0.1) is 5.92 Å². The van der Waals surface area contributed by atoms with Gasteiger partial charge in [0, 0.05) is 47.2 Å². The monoisotopic (exact) mass is 632 g/mol. The third-order valence-corrected chi connectivity index (χ3v) is 8.95. The number of hydroxylamine groups is 1. The minimum absolute atomic E-state index is 0.0655. The first kappa shape index (κ1) is 33.9. The smallest absolute Gasteiger partial charge is 0.337 e. The molecular weight excluding hydrogens is 591 g/mol. The highest BCUT2D eigenvalue weighted by atomic mass is 35.5. The zero-order chi connectivity index (χ0) is 30.8. The van der Waals surface area contributed by atoms with Crippen molar-refractivity contribution in [2.24, 2.45) is 5.92 Å². The average Bonchev–Trinajstić information content (AvgIpc) is 3.63. The first-order valence-electron chi connectivity index (χ1n) is 14.3. The van der Waals surface area contributed by atoms with Crippen LogP contribution in [0.4, 0.5) is 5.13 Å². The Bertz CT molecular complexity index is 1380. The van der Waals surface area contributed by atoms with Crippen LogP contribution in [0.25, 0.3) is 10.2 Å². The Morgan fingerprint density at radius 1 is 1.19 bits per heavy atom. The van der Waals surface area contributed by atoms with Crippen LogP contribution in [0.15, 0.2) is 59.9 Å². The molecule has 1 atom stereocenters. The Morgan fingerprint density at radius 3 is 2.38 bits per heavy atom. The molecule has 228 valence electrons. The largest absolute Gasteiger partial charge is 0.465 e. The molecule has 10 heteroatoms. The van der Waals surface area contributed by atoms with E-state index in [0.717, 1.165) is 52.6 Å². The number of nitrogens with one attached hydrogen (secondary N) is 2. The lowest BCUT2D eigenvalue weighted by molar-refractivity contribution is 0.0601. The predicted octanol–water partition coefficient (Wildman–Crippen LogP) is 8.35. The van der Waals surface area contributed by atoms with E-state index in [4.69, 9.17) is 32.8 Å². The summed E-state index contributed by atoms with van der Waals surface area (Å²) >= 11 is 14.2. The van der Waals surface area contributed by atoms with Crippen LogP contribution in [0.3, 0.4) is 0 Å². The van der Waals surface area contributed by atoms with Crippen molar-refractivity contribution in [2.45, 2.75) is 52.5 Å². The molecule has 1 fully saturated rings. The second kappa shape index (κ2) is 16.3. The van der Waals surface area contributed by atoms with E-state index in [1.807, 2.05) is 44.4 Å². The van der Waals surface area contributed by atoms with E-state index in [1.165, 1.54) is 31.1 Å². The van der Waals surface area contributed by atoms with Crippen LogP contribution < -0.4 is 15.7 Å². The number of esters is 1. The number of halogens is 2. The number of benzene rings is 2. The molecule has 2 N–H and O–H groups in total. The molecule has 0 bridgehead atoms. The number of anilines is 1. The van der Waals surface area contributed by atoms with E-state index in [2.05, 4.69) is 48.0 Å². The summed E-state index contributed by atoms with van der Waals surface area (Å²) < 4.78 is 5.70. The van der Waals surface area contributed by atoms with Gasteiger partial charge in [-0.2, -0.15) is 0 Å². The first-order chi connectivity index (χ1) is 20.2. The molecule has 0 saturated heterocycles. The molecule has 0 amide bonds. The van der Waals surface area contributed by atoms with Crippen LogP contribution in [0.2, 0.25) is 10.0 Å². The molecule has 1 saturated carbocycles. The quantitative estimate of drug-likeness (QED) is 0.181. The van der Waals surface area contributed by atoms with Gasteiger partial charge in [-0.15, -0.1) is 5.48 Å². The van der Waals surface area contributed by atoms with Crippen molar-refractivity contribution in [2.75, 3.05) is 39.2 Å². The number of fused-ring (bicyclic) bond motifs is 1. The van der Waals surface area contributed by atoms with Crippen molar-refractivity contribution in [3.05, 3.63) is 81.1 Å². The number of rotatable bonds is 9. The van der Waals surface area contributed by atoms with Gasteiger partial charge in [0.15, 0.2) is 5.13 Å². The number of thiazole rings is 1. The molecule has 1 unspecified atom stereocenters. The zero-order valence-electron chi connectivity index (χ0n) is 25.4. The Hall–Kier alpha value is -2.62. The molecule has 2 aromatic carbocycles. The van der Waals surface area contributed by atoms with Gasteiger partial charge in [0.25, 0.3) is 0 Å². The highest BCUT2D eigenvalue weighted by Gasteiger charge is 2.38. The molecular formula is C32H42Cl2N4O3S. The standard InChI is InChI=1S/C14H16Cl2N2O.C12H14N2O2S.C6H12/c1-17-7-9-13(18-19-14(9)8-5-6-8)12-10(15)3-2-4-11(12)16;1-4-14(2)12-13-9-6-5-8(11(15)16-3)7-10(9)17-12;1-4-6(3)5-2/h2-4,8,13,17-18H,5-7H2,1H3;5-7H,4H2,1-3H3;3-5H2,1-2H3. The second-order valence-electron chi connectivity index (χ2n) is 10.1. The summed E-state index contributed by atoms with van der Waals surface area (Å²) in [5.41, 5.74) is 8.00. The minimum atomic E-state index is -0.314. The molecule has 2 heterocycles. The van der Waals surface area contributed by atoms with E-state index >= 15 is 0 Å². The fourth-order valence-corrected chi connectivity index (χ4v) is 5.84. The lowest BCUT2D eigenvalue weighted by atomic mass is 9.97. The van der Waals surface area contributed by atoms with Gasteiger partial charge >= 0.3 is 5.97 Å². The molecule has 2 aliphatic rings. The SMILES string of the molecule is C=C(CC)CC.CCN(C)c1nc2ccc(C(=O)OC)cc2s1.CNCC1=C(C2CC2)ONC1c1c(Cl)cccc1Cl. The Balaban J connectivity index is 0.000000195. The van der Waals surface area contributed by atoms with Crippen molar-refractivity contribution in [1.29, 1.82) is 0 Å². The second-order valence-corrected chi connectivity index (χ2v) is 11.9. The first-order valence-corrected chi connectivity index (χ1v) is 15.9. The zero-order valence-corrected chi connectivity index (χ0v) is 27.7. The Kier molecular flexibility index (Phi) is 13.1. The summed E-state index contributed by atoms with van der Waals surface area (Å²) in [5.74, 6) is 1.31. The van der Waals surface area contributed by atoms with Crippen molar-refractivity contribution >= 4 is 55.9 Å². The van der Waals surface area contributed by atoms with E-state index in [0.29, 0.717) is 21.5 Å². The van der Waals surface area contributed by atoms with Gasteiger partial charge in [-0.25, -0.2) is 9.78 Å². The van der Waals surface area contributed by atoms with Crippen LogP contribution in [-0.4, -0.2) is 45.2 Å². The number of aromatic nitrogens is 1. The summed E-state index contributed by atoms with van der Waals surface area (Å²) in [6, 6.07) is 10.9. The summed E-state index contributed by atoms with van der Waals surface area (Å²) in [6.45, 7) is 11.8. The van der Waals surface area contributed by atoms with Gasteiger partial charge < -0.3 is 19.8 Å². The number of carbonyl (C=O) groups is 1. The van der Waals surface area contributed by atoms with Gasteiger partial charge in [-0.05, 0) is 70.0 Å². The third kappa shape index (κ3) is 8.71. The molecule has 0 spiro atoms. The molecule has 0 radical (unpaired) electrons. The fourth-order valence-electron chi connectivity index (χ4n) is 4.20. The molecule has 7 nitrogen and oxygen atoms in total. The lowest BCUT2D eigenvalue weighted by Crippen LogP contribution is -2.21. The van der Waals surface area contributed by atoms with E-state index in [9.17, 15) is 4.79 Å². The van der Waals surface area contributed by atoms with Crippen molar-refractivity contribution < 1.29 is 14.4 Å². The number of methoxy groups -OCH3 is 1. The number of likely N-dealkylation sites (N-methyl/N-ethyl adjacent to an activating group) is 1. The third-order valence-electron chi connectivity index (χ3n) is 7.15. The number of nitrogens with zero attached hydrogens (tertiary/aromatic N) is 2. The Morgan fingerprint density at radius 2 is 1.86 bits per heavy atom. The molecule has 1 aliphatic heterocycles. The van der Waals surface area contributed by atoms with Crippen molar-refractivity contribution in [1.82, 2.24) is 15.8 Å². The molecule has 1 aromatic heterocycles. The highest BCUT2D eigenvalue weighted by molar-refractivity contribution is 7.22. The van der Waals surface area contributed by atoms with Crippen LogP contribution in [0.5, 0.6) is 0 Å². The molecule has 3 aromatic rings. The average molecular weight is 634 g/mol. The highest BCUT2D eigenvalue weighted by Crippen LogP contribution is 2.46. The maximum atomic E-state index is 11.4. The summed E-state index contributed by atoms with van der Waals surface area (Å²) in [6.07, 6.45) is 4.67. The molecule has 1 aliphatic carbocycles. The fraction of sp³-hybridized carbons (Fsp3) is 0.438. The number of ether oxygens (including phenoxy) is 1. The summed E-state index contributed by atoms with van der Waals surface area (Å²) in [7, 11) is 5.32. The van der Waals surface area contributed by atoms with E-state index in [-0.39, 0.29) is 12.0 Å². The summed E-state index contributed by atoms with van der Waals surface area (Å²) in [5, 5.41) is 5.49. The van der Waals surface area contributed by atoms with Gasteiger partial charge in [0.2, 0.25) is 0 Å². The predicted molar refractivity (Wildman–Crippen MR) is 177 cm³/mol. The van der Waals surface area contributed by atoms with E-state index < -0.39 is 0 Å². The summed E-state index contributed by atoms with van der Waals surface area (Å²) in [4.78, 5) is 23.7. The maximum absolute atomic E-state index is 11.4. The molecule has 42 heavy (non-hydrogen) atoms. The van der Waals surface area contributed by atoms with Crippen LogP contribution in [0.1, 0.15) is 68.4 Å². The van der Waals surface area contributed by atoms with Gasteiger partial charge in [-0.3, -0.25) is 0 Å². The number of hydrogen-bond donors (Lipinski definition) is 2. The van der Waals surface area contributed by atoms with E-state index in [1.54, 1.807) is 17.4 Å². The normalized spacial score (nSPS) is 15.8. The van der Waals surface area contributed by atoms with Crippen molar-refractivity contribution in [3.63, 3.8) is 0 Å². The van der Waals surface area contributed by atoms with Crippen LogP contribution >= 0.6 is 34.5 Å². The number of allylic oxidation sites excluding steroid dienone is 2.